The van der Waals surface area contributed by atoms with Crippen molar-refractivity contribution in [1.82, 2.24) is 4.90 Å². The molecule has 3 aliphatic rings. The van der Waals surface area contributed by atoms with Gasteiger partial charge in [0.1, 0.15) is 0 Å². The van der Waals surface area contributed by atoms with Crippen LogP contribution < -0.4 is 0 Å². The second-order valence-corrected chi connectivity index (χ2v) is 9.72. The summed E-state index contributed by atoms with van der Waals surface area (Å²) in [7, 11) is 0. The molecule has 3 atom stereocenters. The van der Waals surface area contributed by atoms with E-state index in [1.807, 2.05) is 31.2 Å². The Kier molecular flexibility index (Phi) is 4.82. The number of rotatable bonds is 3. The quantitative estimate of drug-likeness (QED) is 0.407. The predicted molar refractivity (Wildman–Crippen MR) is 127 cm³/mol. The molecular formula is C28H20ClNO5. The number of hydrogen-bond acceptors (Lipinski definition) is 5. The Morgan fingerprint density at radius 3 is 2.03 bits per heavy atom. The average molecular weight is 486 g/mol. The summed E-state index contributed by atoms with van der Waals surface area (Å²) in [6, 6.07) is 20.7. The molecule has 6 rings (SSSR count). The lowest BCUT2D eigenvalue weighted by Gasteiger charge is -2.27. The fourth-order valence-electron chi connectivity index (χ4n) is 5.56. The maximum absolute atomic E-state index is 13.8. The fraction of sp³-hybridized carbons (Fsp3) is 0.214. The average Bonchev–Trinajstić information content (AvgIpc) is 3.42. The van der Waals surface area contributed by atoms with Gasteiger partial charge in [0.15, 0.2) is 0 Å². The minimum absolute atomic E-state index is 0.0592. The van der Waals surface area contributed by atoms with Gasteiger partial charge in [-0.25, -0.2) is 0 Å². The maximum Gasteiger partial charge on any atom is 0.237 e. The number of nitrogens with zero attached hydrogens (tertiary/aromatic N) is 1. The number of aryl methyl sites for hydroxylation is 1. The molecule has 7 heteroatoms. The van der Waals surface area contributed by atoms with Crippen LogP contribution in [0.25, 0.3) is 0 Å². The number of Topliss-reactive ketones (excluding diaryl/α,β-unsaturated/α-hetero) is 2. The highest BCUT2D eigenvalue weighted by Crippen LogP contribution is 2.57. The molecule has 174 valence electrons. The first kappa shape index (κ1) is 21.9. The molecule has 2 saturated heterocycles. The number of carbonyl (C=O) groups excluding carboxylic acids is 4. The van der Waals surface area contributed by atoms with Gasteiger partial charge in [-0.1, -0.05) is 77.8 Å². The molecule has 0 unspecified atom stereocenters. The molecule has 0 N–H and O–H groups in total. The Bertz CT molecular complexity index is 1380. The molecule has 0 bridgehead atoms. The van der Waals surface area contributed by atoms with Crippen molar-refractivity contribution in [3.8, 4) is 0 Å². The Morgan fingerprint density at radius 1 is 0.829 bits per heavy atom. The number of fused-ring (bicyclic) bond motifs is 3. The molecule has 2 heterocycles. The maximum atomic E-state index is 13.8. The molecule has 0 aromatic heterocycles. The minimum Gasteiger partial charge on any atom is -0.349 e. The Hall–Kier alpha value is -3.61. The summed E-state index contributed by atoms with van der Waals surface area (Å²) < 4.78 is 6.25. The van der Waals surface area contributed by atoms with E-state index in [1.54, 1.807) is 48.5 Å². The second kappa shape index (κ2) is 7.70. The van der Waals surface area contributed by atoms with Crippen molar-refractivity contribution in [2.24, 2.45) is 11.8 Å². The van der Waals surface area contributed by atoms with Crippen molar-refractivity contribution in [2.45, 2.75) is 25.2 Å². The molecule has 2 aliphatic heterocycles. The van der Waals surface area contributed by atoms with Gasteiger partial charge < -0.3 is 4.74 Å². The number of likely N-dealkylation sites (tertiary alicyclic amines) is 1. The molecule has 6 nitrogen and oxygen atoms in total. The molecule has 35 heavy (non-hydrogen) atoms. The van der Waals surface area contributed by atoms with Crippen LogP contribution in [0.15, 0.2) is 72.8 Å². The normalized spacial score (nSPS) is 24.4. The van der Waals surface area contributed by atoms with E-state index in [4.69, 9.17) is 16.3 Å². The first-order valence-electron chi connectivity index (χ1n) is 11.4. The molecule has 3 aromatic rings. The van der Waals surface area contributed by atoms with Gasteiger partial charge in [-0.05, 0) is 30.2 Å². The number of halogens is 1. The van der Waals surface area contributed by atoms with E-state index >= 15 is 0 Å². The van der Waals surface area contributed by atoms with Crippen LogP contribution in [0.4, 0.5) is 0 Å². The Balaban J connectivity index is 1.48. The zero-order chi connectivity index (χ0) is 24.5. The minimum atomic E-state index is -2.06. The van der Waals surface area contributed by atoms with Gasteiger partial charge in [0.2, 0.25) is 29.0 Å². The van der Waals surface area contributed by atoms with Crippen LogP contribution >= 0.6 is 11.6 Å². The van der Waals surface area contributed by atoms with Crippen LogP contribution in [0.2, 0.25) is 5.02 Å². The lowest BCUT2D eigenvalue weighted by atomic mass is 9.77. The summed E-state index contributed by atoms with van der Waals surface area (Å²) in [5, 5.41) is 0.494. The lowest BCUT2D eigenvalue weighted by molar-refractivity contribution is -0.145. The van der Waals surface area contributed by atoms with Crippen molar-refractivity contribution >= 4 is 35.0 Å². The van der Waals surface area contributed by atoms with E-state index in [1.165, 1.54) is 0 Å². The highest BCUT2D eigenvalue weighted by molar-refractivity contribution is 6.35. The summed E-state index contributed by atoms with van der Waals surface area (Å²) in [4.78, 5) is 56.1. The molecule has 0 radical (unpaired) electrons. The molecule has 2 amide bonds. The number of ether oxygens (including phenoxy) is 1. The highest BCUT2D eigenvalue weighted by Gasteiger charge is 2.74. The van der Waals surface area contributed by atoms with Gasteiger partial charge in [0.25, 0.3) is 0 Å². The Morgan fingerprint density at radius 2 is 1.43 bits per heavy atom. The molecule has 0 saturated carbocycles. The van der Waals surface area contributed by atoms with Gasteiger partial charge >= 0.3 is 0 Å². The van der Waals surface area contributed by atoms with Crippen LogP contribution in [0.1, 0.15) is 43.5 Å². The first-order chi connectivity index (χ1) is 16.8. The Labute approximate surface area is 206 Å². The fourth-order valence-corrected chi connectivity index (χ4v) is 5.69. The van der Waals surface area contributed by atoms with E-state index in [9.17, 15) is 19.2 Å². The van der Waals surface area contributed by atoms with Crippen LogP contribution in [0.3, 0.4) is 0 Å². The third kappa shape index (κ3) is 3.00. The van der Waals surface area contributed by atoms with Crippen molar-refractivity contribution in [1.29, 1.82) is 0 Å². The number of benzene rings is 3. The van der Waals surface area contributed by atoms with Crippen LogP contribution in [0.5, 0.6) is 0 Å². The first-order valence-corrected chi connectivity index (χ1v) is 11.7. The van der Waals surface area contributed by atoms with Crippen molar-refractivity contribution < 1.29 is 23.9 Å². The topological polar surface area (TPSA) is 80.8 Å². The van der Waals surface area contributed by atoms with Gasteiger partial charge in [-0.15, -0.1) is 0 Å². The summed E-state index contributed by atoms with van der Waals surface area (Å²) in [5.41, 5.74) is 0.780. The van der Waals surface area contributed by atoms with E-state index in [0.717, 1.165) is 16.0 Å². The smallest absolute Gasteiger partial charge is 0.237 e. The molecular weight excluding hydrogens is 466 g/mol. The predicted octanol–water partition coefficient (Wildman–Crippen LogP) is 4.34. The molecule has 2 fully saturated rings. The SMILES string of the molecule is Cc1ccc(CN2C(=O)[C@@H]3[C@@H](C2=O)C2(O[C@H]3c3ccc(Cl)cc3)C(=O)c3ccccc3C2=O)cc1. The number of ketones is 2. The number of carbonyl (C=O) groups is 4. The number of amides is 2. The van der Waals surface area contributed by atoms with E-state index in [0.29, 0.717) is 10.6 Å². The van der Waals surface area contributed by atoms with Gasteiger partial charge in [-0.3, -0.25) is 24.1 Å². The van der Waals surface area contributed by atoms with Crippen molar-refractivity contribution in [2.75, 3.05) is 0 Å². The zero-order valence-electron chi connectivity index (χ0n) is 18.7. The highest BCUT2D eigenvalue weighted by atomic mass is 35.5. The zero-order valence-corrected chi connectivity index (χ0v) is 19.5. The van der Waals surface area contributed by atoms with Crippen LogP contribution in [-0.2, 0) is 20.9 Å². The van der Waals surface area contributed by atoms with Crippen LogP contribution in [-0.4, -0.2) is 33.9 Å². The lowest BCUT2D eigenvalue weighted by Crippen LogP contribution is -2.50. The van der Waals surface area contributed by atoms with Crippen molar-refractivity contribution in [3.05, 3.63) is 106 Å². The number of imide groups is 1. The second-order valence-electron chi connectivity index (χ2n) is 9.28. The van der Waals surface area contributed by atoms with E-state index in [2.05, 4.69) is 0 Å². The van der Waals surface area contributed by atoms with Gasteiger partial charge in [0.05, 0.1) is 24.5 Å². The molecule has 1 aliphatic carbocycles. The number of hydrogen-bond donors (Lipinski definition) is 0. The molecule has 1 spiro atoms. The van der Waals surface area contributed by atoms with Gasteiger partial charge in [-0.2, -0.15) is 0 Å². The largest absolute Gasteiger partial charge is 0.349 e. The standard InChI is InChI=1S/C28H20ClNO5/c1-15-6-8-16(9-7-15)14-30-26(33)21-22(27(30)34)28(35-23(21)17-10-12-18(29)13-11-17)24(31)19-4-2-3-5-20(19)25(28)32/h2-13,21-23H,14H2,1H3/t21-,22+,23+/m1/s1. The molecule has 3 aromatic carbocycles. The van der Waals surface area contributed by atoms with Crippen molar-refractivity contribution in [3.63, 3.8) is 0 Å². The summed E-state index contributed by atoms with van der Waals surface area (Å²) in [5.74, 6) is -4.39. The van der Waals surface area contributed by atoms with Gasteiger partial charge in [0, 0.05) is 16.1 Å². The van der Waals surface area contributed by atoms with E-state index in [-0.39, 0.29) is 17.7 Å². The summed E-state index contributed by atoms with van der Waals surface area (Å²) in [6.45, 7) is 2.01. The monoisotopic (exact) mass is 485 g/mol. The summed E-state index contributed by atoms with van der Waals surface area (Å²) >= 11 is 6.06. The van der Waals surface area contributed by atoms with Crippen LogP contribution in [0, 0.1) is 18.8 Å². The third-order valence-corrected chi connectivity index (χ3v) is 7.52. The summed E-state index contributed by atoms with van der Waals surface area (Å²) in [6.07, 6.45) is -0.945. The van der Waals surface area contributed by atoms with E-state index < -0.39 is 46.9 Å². The third-order valence-electron chi connectivity index (χ3n) is 7.27.